The fraction of sp³-hybridized carbons (Fsp3) is 0.393. The van der Waals surface area contributed by atoms with Crippen molar-refractivity contribution in [3.63, 3.8) is 0 Å². The summed E-state index contributed by atoms with van der Waals surface area (Å²) >= 11 is 5.48. The summed E-state index contributed by atoms with van der Waals surface area (Å²) in [7, 11) is 0. The van der Waals surface area contributed by atoms with Crippen LogP contribution in [0, 0.1) is 0 Å². The number of carbonyl (C=O) groups excluding carboxylic acids is 1. The zero-order valence-electron chi connectivity index (χ0n) is 23.4. The molecular formula is C28H34F2N8O2S. The van der Waals surface area contributed by atoms with Crippen LogP contribution in [-0.4, -0.2) is 67.7 Å². The van der Waals surface area contributed by atoms with E-state index < -0.39 is 12.0 Å². The van der Waals surface area contributed by atoms with Crippen molar-refractivity contribution in [1.29, 1.82) is 0 Å². The van der Waals surface area contributed by atoms with Gasteiger partial charge >= 0.3 is 6.09 Å². The van der Waals surface area contributed by atoms with E-state index in [4.69, 9.17) is 22.7 Å². The van der Waals surface area contributed by atoms with Gasteiger partial charge in [0.15, 0.2) is 5.11 Å². The van der Waals surface area contributed by atoms with E-state index in [1.807, 2.05) is 32.9 Å². The van der Waals surface area contributed by atoms with Gasteiger partial charge in [-0.1, -0.05) is 6.07 Å². The third kappa shape index (κ3) is 8.04. The molecule has 2 aromatic heterocycles. The van der Waals surface area contributed by atoms with Gasteiger partial charge < -0.3 is 26.0 Å². The molecule has 1 aliphatic heterocycles. The average molecular weight is 585 g/mol. The highest BCUT2D eigenvalue weighted by Crippen LogP contribution is 2.28. The number of thiocarbonyl (C=S) groups is 1. The van der Waals surface area contributed by atoms with Crippen molar-refractivity contribution in [2.45, 2.75) is 45.8 Å². The Balaban J connectivity index is 1.34. The molecule has 13 heteroatoms. The third-order valence-electron chi connectivity index (χ3n) is 6.53. The molecule has 3 heterocycles. The minimum Gasteiger partial charge on any atom is -0.444 e. The van der Waals surface area contributed by atoms with Gasteiger partial charge in [0.1, 0.15) is 23.4 Å². The van der Waals surface area contributed by atoms with Crippen LogP contribution in [0.1, 0.15) is 51.4 Å². The second kappa shape index (κ2) is 12.7. The van der Waals surface area contributed by atoms with Crippen LogP contribution < -0.4 is 16.4 Å². The first-order valence-corrected chi connectivity index (χ1v) is 13.6. The van der Waals surface area contributed by atoms with Crippen LogP contribution in [0.4, 0.5) is 30.8 Å². The van der Waals surface area contributed by atoms with Gasteiger partial charge in [-0.05, 0) is 75.8 Å². The van der Waals surface area contributed by atoms with Crippen LogP contribution in [0.15, 0.2) is 48.9 Å². The van der Waals surface area contributed by atoms with Crippen molar-refractivity contribution in [2.24, 2.45) is 0 Å². The van der Waals surface area contributed by atoms with Crippen LogP contribution in [0.3, 0.4) is 0 Å². The number of nitrogens with one attached hydrogen (secondary N) is 2. The number of pyridine rings is 1. The molecule has 218 valence electrons. The molecule has 0 radical (unpaired) electrons. The Labute approximate surface area is 243 Å². The second-order valence-electron chi connectivity index (χ2n) is 10.7. The summed E-state index contributed by atoms with van der Waals surface area (Å²) in [5.74, 6) is 0.565. The summed E-state index contributed by atoms with van der Waals surface area (Å²) in [6.45, 7) is 10.3. The zero-order chi connectivity index (χ0) is 29.7. The maximum atomic E-state index is 13.0. The number of aromatic nitrogens is 3. The van der Waals surface area contributed by atoms with E-state index in [1.54, 1.807) is 29.3 Å². The van der Waals surface area contributed by atoms with E-state index in [2.05, 4.69) is 37.4 Å². The molecule has 1 saturated heterocycles. The number of nitrogens with zero attached hydrogens (tertiary/aromatic N) is 5. The van der Waals surface area contributed by atoms with Gasteiger partial charge in [-0.25, -0.2) is 28.5 Å². The van der Waals surface area contributed by atoms with Crippen molar-refractivity contribution in [1.82, 2.24) is 24.8 Å². The predicted molar refractivity (Wildman–Crippen MR) is 159 cm³/mol. The standard InChI is InChI=1S/C28H34F2N8O2S/c1-17(37-9-11-38(12-10-37)27(39)40-28(2,3)4)18-7-8-32-24(14-18)36-26(41)35-21-6-5-19(13-20(21)31)22-15-23(25(29)30)34-16-33-22/h5-8,13-17,25H,9-12,31H2,1-4H3,(H2,32,35,36,41). The molecule has 1 aromatic carbocycles. The molecule has 0 aliphatic carbocycles. The molecule has 41 heavy (non-hydrogen) atoms. The van der Waals surface area contributed by atoms with Gasteiger partial charge in [-0.3, -0.25) is 4.90 Å². The monoisotopic (exact) mass is 584 g/mol. The molecule has 3 aromatic rings. The van der Waals surface area contributed by atoms with Gasteiger partial charge in [0.2, 0.25) is 0 Å². The summed E-state index contributed by atoms with van der Waals surface area (Å²) in [4.78, 5) is 28.5. The number of piperazine rings is 1. The van der Waals surface area contributed by atoms with Gasteiger partial charge in [0, 0.05) is 44.0 Å². The topological polar surface area (TPSA) is 122 Å². The first-order valence-electron chi connectivity index (χ1n) is 13.2. The molecule has 4 rings (SSSR count). The zero-order valence-corrected chi connectivity index (χ0v) is 24.2. The lowest BCUT2D eigenvalue weighted by Crippen LogP contribution is -2.50. The SMILES string of the molecule is CC(c1ccnc(NC(=S)Nc2ccc(-c3cc(C(F)F)ncn3)cc2N)c1)N1CCN(C(=O)OC(C)(C)C)CC1. The molecule has 1 amide bonds. The minimum absolute atomic E-state index is 0.0939. The number of halogens is 2. The van der Waals surface area contributed by atoms with Crippen LogP contribution in [0.2, 0.25) is 0 Å². The van der Waals surface area contributed by atoms with E-state index in [0.717, 1.165) is 25.0 Å². The maximum Gasteiger partial charge on any atom is 0.410 e. The first kappa shape index (κ1) is 30.0. The summed E-state index contributed by atoms with van der Waals surface area (Å²) in [6.07, 6.45) is -0.162. The Kier molecular flexibility index (Phi) is 9.28. The normalized spacial score (nSPS) is 15.0. The predicted octanol–water partition coefficient (Wildman–Crippen LogP) is 5.48. The second-order valence-corrected chi connectivity index (χ2v) is 11.1. The van der Waals surface area contributed by atoms with Gasteiger partial charge in [0.25, 0.3) is 6.43 Å². The molecule has 0 saturated carbocycles. The number of hydrogen-bond donors (Lipinski definition) is 3. The number of nitrogen functional groups attached to an aromatic ring is 1. The fourth-order valence-electron chi connectivity index (χ4n) is 4.36. The summed E-state index contributed by atoms with van der Waals surface area (Å²) < 4.78 is 31.5. The fourth-order valence-corrected chi connectivity index (χ4v) is 4.57. The van der Waals surface area contributed by atoms with E-state index in [1.165, 1.54) is 6.07 Å². The molecule has 0 bridgehead atoms. The Bertz CT molecular complexity index is 1390. The van der Waals surface area contributed by atoms with Crippen LogP contribution in [-0.2, 0) is 4.74 Å². The van der Waals surface area contributed by atoms with Crippen molar-refractivity contribution in [3.05, 3.63) is 60.2 Å². The lowest BCUT2D eigenvalue weighted by Gasteiger charge is -2.38. The number of rotatable bonds is 6. The van der Waals surface area contributed by atoms with Crippen molar-refractivity contribution < 1.29 is 18.3 Å². The van der Waals surface area contributed by atoms with Crippen molar-refractivity contribution in [3.8, 4) is 11.3 Å². The Morgan fingerprint density at radius 1 is 1.05 bits per heavy atom. The molecule has 1 atom stereocenters. The number of amides is 1. The Morgan fingerprint density at radius 3 is 2.44 bits per heavy atom. The molecule has 10 nitrogen and oxygen atoms in total. The smallest absolute Gasteiger partial charge is 0.410 e. The molecular weight excluding hydrogens is 550 g/mol. The summed E-state index contributed by atoms with van der Waals surface area (Å²) in [5.41, 5.74) is 8.21. The van der Waals surface area contributed by atoms with Gasteiger partial charge in [-0.2, -0.15) is 0 Å². The van der Waals surface area contributed by atoms with Crippen molar-refractivity contribution >= 4 is 40.6 Å². The molecule has 1 unspecified atom stereocenters. The highest BCUT2D eigenvalue weighted by Gasteiger charge is 2.28. The van der Waals surface area contributed by atoms with Crippen LogP contribution in [0.25, 0.3) is 11.3 Å². The number of alkyl halides is 2. The number of carbonyl (C=O) groups is 1. The first-order chi connectivity index (χ1) is 19.4. The van der Waals surface area contributed by atoms with Crippen molar-refractivity contribution in [2.75, 3.05) is 42.5 Å². The molecule has 0 spiro atoms. The van der Waals surface area contributed by atoms with Gasteiger partial charge in [-0.15, -0.1) is 0 Å². The third-order valence-corrected chi connectivity index (χ3v) is 6.73. The van der Waals surface area contributed by atoms with E-state index in [-0.39, 0.29) is 22.9 Å². The molecule has 1 aliphatic rings. The highest BCUT2D eigenvalue weighted by molar-refractivity contribution is 7.80. The highest BCUT2D eigenvalue weighted by atomic mass is 32.1. The molecule has 1 fully saturated rings. The Hall–Kier alpha value is -3.97. The number of ether oxygens (including phenoxy) is 1. The van der Waals surface area contributed by atoms with Crippen LogP contribution in [0.5, 0.6) is 0 Å². The number of nitrogens with two attached hydrogens (primary N) is 1. The quantitative estimate of drug-likeness (QED) is 0.254. The lowest BCUT2D eigenvalue weighted by atomic mass is 10.1. The van der Waals surface area contributed by atoms with Crippen LogP contribution >= 0.6 is 12.2 Å². The molecule has 4 N–H and O–H groups in total. The average Bonchev–Trinajstić information content (AvgIpc) is 2.93. The maximum absolute atomic E-state index is 13.0. The largest absolute Gasteiger partial charge is 0.444 e. The Morgan fingerprint density at radius 2 is 1.78 bits per heavy atom. The number of benzene rings is 1. The van der Waals surface area contributed by atoms with E-state index >= 15 is 0 Å². The summed E-state index contributed by atoms with van der Waals surface area (Å²) in [6, 6.07) is 10.3. The summed E-state index contributed by atoms with van der Waals surface area (Å²) in [5, 5.41) is 6.43. The van der Waals surface area contributed by atoms with E-state index in [9.17, 15) is 13.6 Å². The lowest BCUT2D eigenvalue weighted by molar-refractivity contribution is 0.0110. The number of anilines is 3. The minimum atomic E-state index is -2.69. The van der Waals surface area contributed by atoms with Gasteiger partial charge in [0.05, 0.1) is 17.1 Å². The van der Waals surface area contributed by atoms with E-state index in [0.29, 0.717) is 41.5 Å². The number of hydrogen-bond acceptors (Lipinski definition) is 8.